The minimum atomic E-state index is -0.684. The van der Waals surface area contributed by atoms with Gasteiger partial charge in [-0.25, -0.2) is 0 Å². The number of aliphatic hydroxyl groups excluding tert-OH is 1. The van der Waals surface area contributed by atoms with Crippen LogP contribution in [0, 0.1) is 0 Å². The molecule has 1 atom stereocenters. The molecule has 2 saturated heterocycles. The molecule has 5 rings (SSSR count). The number of halogens is 1. The molecular weight excluding hydrogens is 516 g/mol. The Kier molecular flexibility index (Phi) is 7.08. The summed E-state index contributed by atoms with van der Waals surface area (Å²) in [6.45, 7) is 5.21. The molecular formula is C26H27BrN2O6. The fourth-order valence-corrected chi connectivity index (χ4v) is 5.00. The highest BCUT2D eigenvalue weighted by molar-refractivity contribution is 9.10. The van der Waals surface area contributed by atoms with Gasteiger partial charge in [0.05, 0.1) is 24.8 Å². The smallest absolute Gasteiger partial charge is 0.295 e. The Morgan fingerprint density at radius 1 is 0.943 bits per heavy atom. The molecule has 3 heterocycles. The molecule has 8 nitrogen and oxygen atoms in total. The molecule has 2 fully saturated rings. The van der Waals surface area contributed by atoms with E-state index in [1.54, 1.807) is 23.1 Å². The molecule has 35 heavy (non-hydrogen) atoms. The van der Waals surface area contributed by atoms with Gasteiger partial charge in [-0.1, -0.05) is 28.1 Å². The number of aliphatic hydroxyl groups is 1. The number of ether oxygens (including phenoxy) is 3. The number of nitrogens with zero attached hydrogens (tertiary/aromatic N) is 2. The normalized spacial score (nSPS) is 22.0. The maximum Gasteiger partial charge on any atom is 0.295 e. The van der Waals surface area contributed by atoms with Gasteiger partial charge in [0.25, 0.3) is 11.7 Å². The number of carbonyl (C=O) groups excluding carboxylic acids is 2. The number of likely N-dealkylation sites (tertiary alicyclic amines) is 1. The van der Waals surface area contributed by atoms with Gasteiger partial charge in [0.2, 0.25) is 0 Å². The number of benzene rings is 2. The molecule has 0 spiro atoms. The number of Topliss-reactive ketones (excluding diaryl/α,β-unsaturated/α-hetero) is 1. The molecule has 0 bridgehead atoms. The van der Waals surface area contributed by atoms with Crippen molar-refractivity contribution in [1.82, 2.24) is 9.80 Å². The van der Waals surface area contributed by atoms with Crippen molar-refractivity contribution >= 4 is 33.4 Å². The number of rotatable bonds is 6. The number of ketones is 1. The van der Waals surface area contributed by atoms with Crippen molar-refractivity contribution in [3.63, 3.8) is 0 Å². The minimum absolute atomic E-state index is 0.0837. The molecule has 0 radical (unpaired) electrons. The van der Waals surface area contributed by atoms with Crippen molar-refractivity contribution in [3.8, 4) is 11.5 Å². The molecule has 2 aromatic carbocycles. The second-order valence-corrected chi connectivity index (χ2v) is 9.63. The van der Waals surface area contributed by atoms with E-state index in [0.717, 1.165) is 29.7 Å². The average molecular weight is 543 g/mol. The number of hydrogen-bond acceptors (Lipinski definition) is 7. The van der Waals surface area contributed by atoms with Gasteiger partial charge < -0.3 is 24.2 Å². The van der Waals surface area contributed by atoms with Crippen molar-refractivity contribution in [2.24, 2.45) is 0 Å². The summed E-state index contributed by atoms with van der Waals surface area (Å²) >= 11 is 3.44. The molecule has 0 unspecified atom stereocenters. The van der Waals surface area contributed by atoms with Crippen molar-refractivity contribution in [2.45, 2.75) is 12.5 Å². The Morgan fingerprint density at radius 2 is 1.66 bits per heavy atom. The van der Waals surface area contributed by atoms with Gasteiger partial charge in [0.1, 0.15) is 19.0 Å². The Balaban J connectivity index is 1.48. The predicted octanol–water partition coefficient (Wildman–Crippen LogP) is 3.36. The topological polar surface area (TPSA) is 88.5 Å². The van der Waals surface area contributed by atoms with E-state index in [0.29, 0.717) is 56.5 Å². The summed E-state index contributed by atoms with van der Waals surface area (Å²) in [6.07, 6.45) is 0.712. The molecule has 0 aromatic heterocycles. The lowest BCUT2D eigenvalue weighted by Gasteiger charge is -2.29. The molecule has 9 heteroatoms. The number of fused-ring (bicyclic) bond motifs is 1. The van der Waals surface area contributed by atoms with Crippen LogP contribution in [0.3, 0.4) is 0 Å². The lowest BCUT2D eigenvalue weighted by Crippen LogP contribution is -2.38. The van der Waals surface area contributed by atoms with Gasteiger partial charge in [-0.05, 0) is 42.3 Å². The third-order valence-corrected chi connectivity index (χ3v) is 7.05. The van der Waals surface area contributed by atoms with Gasteiger partial charge >= 0.3 is 0 Å². The van der Waals surface area contributed by atoms with Crippen LogP contribution in [0.2, 0.25) is 0 Å². The third-order valence-electron chi connectivity index (χ3n) is 6.52. The van der Waals surface area contributed by atoms with E-state index in [2.05, 4.69) is 20.8 Å². The Hall–Kier alpha value is -2.88. The van der Waals surface area contributed by atoms with E-state index < -0.39 is 17.7 Å². The summed E-state index contributed by atoms with van der Waals surface area (Å²) < 4.78 is 17.5. The first kappa shape index (κ1) is 23.8. The van der Waals surface area contributed by atoms with Gasteiger partial charge in [-0.3, -0.25) is 14.5 Å². The van der Waals surface area contributed by atoms with Crippen LogP contribution >= 0.6 is 15.9 Å². The van der Waals surface area contributed by atoms with Gasteiger partial charge in [0.15, 0.2) is 11.5 Å². The van der Waals surface area contributed by atoms with E-state index in [4.69, 9.17) is 14.2 Å². The van der Waals surface area contributed by atoms with Crippen LogP contribution in [0.1, 0.15) is 23.6 Å². The van der Waals surface area contributed by atoms with Crippen LogP contribution in [0.4, 0.5) is 0 Å². The maximum atomic E-state index is 13.2. The number of hydrogen-bond donors (Lipinski definition) is 1. The fourth-order valence-electron chi connectivity index (χ4n) is 4.74. The van der Waals surface area contributed by atoms with E-state index in [-0.39, 0.29) is 11.3 Å². The molecule has 0 saturated carbocycles. The average Bonchev–Trinajstić information content (AvgIpc) is 3.14. The fraction of sp³-hybridized carbons (Fsp3) is 0.385. The van der Waals surface area contributed by atoms with Crippen molar-refractivity contribution < 1.29 is 28.9 Å². The number of carbonyl (C=O) groups is 2. The van der Waals surface area contributed by atoms with E-state index in [9.17, 15) is 14.7 Å². The first-order valence-electron chi connectivity index (χ1n) is 11.8. The van der Waals surface area contributed by atoms with Crippen LogP contribution in [0.15, 0.2) is 52.5 Å². The van der Waals surface area contributed by atoms with Crippen LogP contribution in [-0.4, -0.2) is 79.2 Å². The standard InChI is InChI=1S/C26H27BrN2O6/c27-19-5-2-17(3-6-19)23-22(24(30)18-4-7-20-21(16-18)35-15-14-34-20)25(31)26(32)29(23)9-1-8-28-10-12-33-13-11-28/h2-7,16,23,30H,1,8-15H2/b24-22+/t23-/m0/s1. The van der Waals surface area contributed by atoms with Gasteiger partial charge in [-0.15, -0.1) is 0 Å². The second-order valence-electron chi connectivity index (χ2n) is 8.71. The Labute approximate surface area is 212 Å². The Bertz CT molecular complexity index is 1140. The highest BCUT2D eigenvalue weighted by Gasteiger charge is 2.45. The first-order valence-corrected chi connectivity index (χ1v) is 12.6. The highest BCUT2D eigenvalue weighted by atomic mass is 79.9. The lowest BCUT2D eigenvalue weighted by molar-refractivity contribution is -0.140. The third kappa shape index (κ3) is 4.94. The van der Waals surface area contributed by atoms with Crippen LogP contribution in [0.25, 0.3) is 5.76 Å². The molecule has 3 aliphatic heterocycles. The van der Waals surface area contributed by atoms with Crippen LogP contribution in [-0.2, 0) is 14.3 Å². The lowest BCUT2D eigenvalue weighted by atomic mass is 9.95. The molecule has 0 aliphatic carbocycles. The van der Waals surface area contributed by atoms with E-state index in [1.807, 2.05) is 24.3 Å². The highest BCUT2D eigenvalue weighted by Crippen LogP contribution is 2.41. The van der Waals surface area contributed by atoms with E-state index >= 15 is 0 Å². The summed E-state index contributed by atoms with van der Waals surface area (Å²) in [6, 6.07) is 11.8. The summed E-state index contributed by atoms with van der Waals surface area (Å²) in [5.74, 6) is -0.416. The second kappa shape index (κ2) is 10.4. The molecule has 1 amide bonds. The molecule has 1 N–H and O–H groups in total. The van der Waals surface area contributed by atoms with Crippen LogP contribution in [0.5, 0.6) is 11.5 Å². The quantitative estimate of drug-likeness (QED) is 0.340. The largest absolute Gasteiger partial charge is 0.507 e. The van der Waals surface area contributed by atoms with Crippen LogP contribution < -0.4 is 9.47 Å². The number of amides is 1. The molecule has 3 aliphatic rings. The predicted molar refractivity (Wildman–Crippen MR) is 132 cm³/mol. The van der Waals surface area contributed by atoms with Crippen molar-refractivity contribution in [1.29, 1.82) is 0 Å². The van der Waals surface area contributed by atoms with Gasteiger partial charge in [0, 0.05) is 36.2 Å². The SMILES string of the molecule is O=C1C(=O)N(CCCN2CCOCC2)[C@@H](c2ccc(Br)cc2)/C1=C(\O)c1ccc2c(c1)OCCO2. The van der Waals surface area contributed by atoms with Crippen molar-refractivity contribution in [2.75, 3.05) is 52.6 Å². The Morgan fingerprint density at radius 3 is 2.40 bits per heavy atom. The van der Waals surface area contributed by atoms with Crippen molar-refractivity contribution in [3.05, 3.63) is 63.6 Å². The zero-order valence-electron chi connectivity index (χ0n) is 19.2. The molecule has 184 valence electrons. The zero-order chi connectivity index (χ0) is 24.4. The zero-order valence-corrected chi connectivity index (χ0v) is 20.8. The molecule has 2 aromatic rings. The number of morpholine rings is 1. The summed E-state index contributed by atoms with van der Waals surface area (Å²) in [5.41, 5.74) is 1.25. The van der Waals surface area contributed by atoms with E-state index in [1.165, 1.54) is 0 Å². The summed E-state index contributed by atoms with van der Waals surface area (Å²) in [7, 11) is 0. The first-order chi connectivity index (χ1) is 17.0. The monoisotopic (exact) mass is 542 g/mol. The summed E-state index contributed by atoms with van der Waals surface area (Å²) in [5, 5.41) is 11.3. The summed E-state index contributed by atoms with van der Waals surface area (Å²) in [4.78, 5) is 30.3. The van der Waals surface area contributed by atoms with Gasteiger partial charge in [-0.2, -0.15) is 0 Å². The minimum Gasteiger partial charge on any atom is -0.507 e. The maximum absolute atomic E-state index is 13.2.